The molecule has 2 aliphatic rings. The number of rotatable bonds is 6. The van der Waals surface area contributed by atoms with Crippen LogP contribution >= 0.6 is 0 Å². The second-order valence-electron chi connectivity index (χ2n) is 8.66. The number of sulfonamides is 1. The molecule has 3 N–H and O–H groups in total. The number of primary sulfonamides is 1. The van der Waals surface area contributed by atoms with Crippen LogP contribution < -0.4 is 10.5 Å². The van der Waals surface area contributed by atoms with E-state index in [1.165, 1.54) is 23.3 Å². The fourth-order valence-corrected chi connectivity index (χ4v) is 5.12. The summed E-state index contributed by atoms with van der Waals surface area (Å²) in [5.41, 5.74) is 3.36. The molecule has 2 aromatic rings. The van der Waals surface area contributed by atoms with Crippen molar-refractivity contribution in [3.63, 3.8) is 0 Å². The lowest BCUT2D eigenvalue weighted by atomic mass is 9.81. The first kappa shape index (κ1) is 23.2. The predicted molar refractivity (Wildman–Crippen MR) is 125 cm³/mol. The molecule has 2 aromatic carbocycles. The van der Waals surface area contributed by atoms with Gasteiger partial charge in [-0.25, -0.2) is 13.6 Å². The minimum Gasteiger partial charge on any atom is -0.355 e. The van der Waals surface area contributed by atoms with Gasteiger partial charge in [0.25, 0.3) is 0 Å². The van der Waals surface area contributed by atoms with Crippen LogP contribution in [0.25, 0.3) is 0 Å². The number of nitrogens with one attached hydrogen (secondary N) is 1. The Hall–Kier alpha value is -2.97. The quantitative estimate of drug-likeness (QED) is 0.635. The summed E-state index contributed by atoms with van der Waals surface area (Å²) >= 11 is 0. The number of hydrogen-bond acceptors (Lipinski definition) is 4. The fraction of sp³-hybridized carbons (Fsp3) is 0.360. The summed E-state index contributed by atoms with van der Waals surface area (Å²) in [7, 11) is -3.72. The third-order valence-electron chi connectivity index (χ3n) is 6.49. The van der Waals surface area contributed by atoms with Crippen molar-refractivity contribution in [2.45, 2.75) is 37.1 Å². The van der Waals surface area contributed by atoms with Gasteiger partial charge in [-0.1, -0.05) is 48.6 Å². The van der Waals surface area contributed by atoms with Crippen LogP contribution in [0.3, 0.4) is 0 Å². The van der Waals surface area contributed by atoms with E-state index in [1.54, 1.807) is 12.1 Å². The first-order valence-electron chi connectivity index (χ1n) is 11.2. The largest absolute Gasteiger partial charge is 0.355 e. The van der Waals surface area contributed by atoms with Crippen LogP contribution in [0.1, 0.15) is 29.5 Å². The Kier molecular flexibility index (Phi) is 6.95. The predicted octanol–water partition coefficient (Wildman–Crippen LogP) is 2.16. The zero-order valence-electron chi connectivity index (χ0n) is 18.4. The lowest BCUT2D eigenvalue weighted by molar-refractivity contribution is -0.142. The molecular formula is C25H29N3O4S. The molecule has 0 aromatic heterocycles. The average molecular weight is 468 g/mol. The molecule has 2 amide bonds. The maximum atomic E-state index is 13.3. The van der Waals surface area contributed by atoms with Gasteiger partial charge in [-0.05, 0) is 54.5 Å². The molecule has 1 aliphatic carbocycles. The SMILES string of the molecule is NS(=O)(=O)c1ccc(CCNC(=O)C2CC=CCC2C(=O)N2CCc3ccccc3C2)cc1. The lowest BCUT2D eigenvalue weighted by Crippen LogP contribution is -2.46. The number of carbonyl (C=O) groups is 2. The van der Waals surface area contributed by atoms with E-state index in [4.69, 9.17) is 5.14 Å². The topological polar surface area (TPSA) is 110 Å². The lowest BCUT2D eigenvalue weighted by Gasteiger charge is -2.35. The maximum absolute atomic E-state index is 13.3. The van der Waals surface area contributed by atoms with E-state index in [2.05, 4.69) is 17.4 Å². The van der Waals surface area contributed by atoms with Gasteiger partial charge in [-0.2, -0.15) is 0 Å². The summed E-state index contributed by atoms with van der Waals surface area (Å²) in [6, 6.07) is 14.5. The van der Waals surface area contributed by atoms with E-state index in [-0.39, 0.29) is 28.5 Å². The van der Waals surface area contributed by atoms with Crippen LogP contribution in [-0.2, 0) is 39.0 Å². The second-order valence-corrected chi connectivity index (χ2v) is 10.2. The second kappa shape index (κ2) is 9.89. The van der Waals surface area contributed by atoms with Gasteiger partial charge in [-0.3, -0.25) is 9.59 Å². The van der Waals surface area contributed by atoms with Crippen molar-refractivity contribution in [1.29, 1.82) is 0 Å². The highest BCUT2D eigenvalue weighted by Gasteiger charge is 2.37. The molecule has 0 fully saturated rings. The summed E-state index contributed by atoms with van der Waals surface area (Å²) in [6.07, 6.45) is 6.49. The highest BCUT2D eigenvalue weighted by Crippen LogP contribution is 2.30. The van der Waals surface area contributed by atoms with Crippen LogP contribution in [0, 0.1) is 11.8 Å². The summed E-state index contributed by atoms with van der Waals surface area (Å²) in [4.78, 5) is 28.2. The van der Waals surface area contributed by atoms with Gasteiger partial charge in [0.2, 0.25) is 21.8 Å². The molecule has 1 aliphatic heterocycles. The van der Waals surface area contributed by atoms with Gasteiger partial charge in [0.15, 0.2) is 0 Å². The number of amides is 2. The zero-order chi connectivity index (χ0) is 23.4. The third kappa shape index (κ3) is 5.51. The Morgan fingerprint density at radius 2 is 1.64 bits per heavy atom. The summed E-state index contributed by atoms with van der Waals surface area (Å²) in [5.74, 6) is -0.803. The van der Waals surface area contributed by atoms with Crippen molar-refractivity contribution < 1.29 is 18.0 Å². The molecule has 2 unspecified atom stereocenters. The van der Waals surface area contributed by atoms with E-state index in [9.17, 15) is 18.0 Å². The summed E-state index contributed by atoms with van der Waals surface area (Å²) in [5, 5.41) is 8.09. The van der Waals surface area contributed by atoms with E-state index < -0.39 is 10.0 Å². The van der Waals surface area contributed by atoms with Gasteiger partial charge < -0.3 is 10.2 Å². The summed E-state index contributed by atoms with van der Waals surface area (Å²) < 4.78 is 22.7. The molecule has 0 saturated heterocycles. The Morgan fingerprint density at radius 1 is 0.970 bits per heavy atom. The van der Waals surface area contributed by atoms with E-state index in [0.29, 0.717) is 38.9 Å². The number of carbonyl (C=O) groups excluding carboxylic acids is 2. The van der Waals surface area contributed by atoms with E-state index in [1.807, 2.05) is 29.2 Å². The minimum absolute atomic E-state index is 0.0487. The van der Waals surface area contributed by atoms with Crippen LogP contribution in [0.15, 0.2) is 65.6 Å². The average Bonchev–Trinajstić information content (AvgIpc) is 2.83. The monoisotopic (exact) mass is 467 g/mol. The van der Waals surface area contributed by atoms with Crippen molar-refractivity contribution in [3.8, 4) is 0 Å². The highest BCUT2D eigenvalue weighted by atomic mass is 32.2. The number of benzene rings is 2. The standard InChI is InChI=1S/C25H29N3O4S/c26-33(31,32)21-11-9-18(10-12-21)13-15-27-24(29)22-7-3-4-8-23(22)25(30)28-16-14-19-5-1-2-6-20(19)17-28/h1-6,9-12,22-23H,7-8,13-17H2,(H,27,29)(H2,26,31,32). The van der Waals surface area contributed by atoms with Crippen LogP contribution in [0.5, 0.6) is 0 Å². The van der Waals surface area contributed by atoms with Gasteiger partial charge in [0, 0.05) is 19.6 Å². The number of fused-ring (bicyclic) bond motifs is 1. The smallest absolute Gasteiger partial charge is 0.238 e. The first-order chi connectivity index (χ1) is 15.8. The normalized spacial score (nSPS) is 20.2. The number of nitrogens with zero attached hydrogens (tertiary/aromatic N) is 1. The molecule has 8 heteroatoms. The van der Waals surface area contributed by atoms with Crippen molar-refractivity contribution in [1.82, 2.24) is 10.2 Å². The molecule has 174 valence electrons. The zero-order valence-corrected chi connectivity index (χ0v) is 19.3. The Balaban J connectivity index is 1.34. The molecule has 0 radical (unpaired) electrons. The van der Waals surface area contributed by atoms with Crippen molar-refractivity contribution in [3.05, 3.63) is 77.4 Å². The molecule has 0 spiro atoms. The highest BCUT2D eigenvalue weighted by molar-refractivity contribution is 7.89. The van der Waals surface area contributed by atoms with Gasteiger partial charge in [0.1, 0.15) is 0 Å². The van der Waals surface area contributed by atoms with Crippen molar-refractivity contribution in [2.75, 3.05) is 13.1 Å². The van der Waals surface area contributed by atoms with Crippen LogP contribution in [0.2, 0.25) is 0 Å². The molecule has 33 heavy (non-hydrogen) atoms. The van der Waals surface area contributed by atoms with Crippen molar-refractivity contribution in [2.24, 2.45) is 17.0 Å². The number of nitrogens with two attached hydrogens (primary N) is 1. The maximum Gasteiger partial charge on any atom is 0.238 e. The molecule has 1 heterocycles. The molecule has 7 nitrogen and oxygen atoms in total. The number of allylic oxidation sites excluding steroid dienone is 2. The van der Waals surface area contributed by atoms with E-state index >= 15 is 0 Å². The Labute approximate surface area is 194 Å². The Morgan fingerprint density at radius 3 is 2.33 bits per heavy atom. The first-order valence-corrected chi connectivity index (χ1v) is 12.8. The Bertz CT molecular complexity index is 1160. The van der Waals surface area contributed by atoms with Gasteiger partial charge in [0.05, 0.1) is 16.7 Å². The van der Waals surface area contributed by atoms with Crippen LogP contribution in [-0.4, -0.2) is 38.2 Å². The van der Waals surface area contributed by atoms with Gasteiger partial charge >= 0.3 is 0 Å². The van der Waals surface area contributed by atoms with Gasteiger partial charge in [-0.15, -0.1) is 0 Å². The fourth-order valence-electron chi connectivity index (χ4n) is 4.60. The molecule has 2 atom stereocenters. The molecule has 0 bridgehead atoms. The molecular weight excluding hydrogens is 438 g/mol. The van der Waals surface area contributed by atoms with E-state index in [0.717, 1.165) is 12.0 Å². The summed E-state index contributed by atoms with van der Waals surface area (Å²) in [6.45, 7) is 1.68. The van der Waals surface area contributed by atoms with Crippen molar-refractivity contribution >= 4 is 21.8 Å². The minimum atomic E-state index is -3.72. The number of hydrogen-bond donors (Lipinski definition) is 2. The third-order valence-corrected chi connectivity index (χ3v) is 7.42. The van der Waals surface area contributed by atoms with Crippen LogP contribution in [0.4, 0.5) is 0 Å². The molecule has 0 saturated carbocycles. The molecule has 4 rings (SSSR count).